The molecule has 1 N–H and O–H groups in total. The molecule has 2 heterocycles. The van der Waals surface area contributed by atoms with Crippen LogP contribution in [0, 0.1) is 12.7 Å². The molecular formula is C23H22ClFN4O2. The molecule has 0 fully saturated rings. The second-order valence-electron chi connectivity index (χ2n) is 7.50. The lowest BCUT2D eigenvalue weighted by molar-refractivity contribution is 0.0795. The summed E-state index contributed by atoms with van der Waals surface area (Å²) in [6.07, 6.45) is 1.21. The zero-order chi connectivity index (χ0) is 22.1. The van der Waals surface area contributed by atoms with Crippen molar-refractivity contribution in [3.8, 4) is 11.6 Å². The number of aromatic nitrogens is 3. The first kappa shape index (κ1) is 21.1. The summed E-state index contributed by atoms with van der Waals surface area (Å²) in [5.74, 6) is 0.0245. The molecule has 2 aromatic heterocycles. The van der Waals surface area contributed by atoms with Crippen molar-refractivity contribution < 1.29 is 13.7 Å². The molecule has 31 heavy (non-hydrogen) atoms. The van der Waals surface area contributed by atoms with Crippen molar-refractivity contribution in [2.45, 2.75) is 26.7 Å². The number of halogens is 2. The van der Waals surface area contributed by atoms with Gasteiger partial charge in [-0.1, -0.05) is 35.3 Å². The quantitative estimate of drug-likeness (QED) is 0.447. The van der Waals surface area contributed by atoms with Crippen molar-refractivity contribution >= 4 is 28.4 Å². The topological polar surface area (TPSA) is 75.0 Å². The number of rotatable bonds is 6. The van der Waals surface area contributed by atoms with E-state index in [1.807, 2.05) is 6.07 Å². The first-order chi connectivity index (χ1) is 14.9. The van der Waals surface area contributed by atoms with Crippen molar-refractivity contribution in [3.05, 3.63) is 69.8 Å². The van der Waals surface area contributed by atoms with Crippen molar-refractivity contribution in [1.82, 2.24) is 20.0 Å². The summed E-state index contributed by atoms with van der Waals surface area (Å²) in [5, 5.41) is 5.42. The van der Waals surface area contributed by atoms with Gasteiger partial charge in [-0.15, -0.1) is 0 Å². The average Bonchev–Trinajstić information content (AvgIpc) is 3.37. The van der Waals surface area contributed by atoms with E-state index in [1.165, 1.54) is 22.6 Å². The number of hydrogen-bond acceptors (Lipinski definition) is 4. The van der Waals surface area contributed by atoms with Crippen LogP contribution < -0.4 is 0 Å². The van der Waals surface area contributed by atoms with E-state index >= 15 is 0 Å². The standard InChI is InChI=1S/C23H22ClFN4O2/c1-4-15-16-11-13(2)5-8-19(16)26-21(15)22-27-20(28-31-22)9-10-29(3)23(30)17-12-14(25)6-7-18(17)24/h5-8,11-12,26H,4,9-10H2,1-3H3. The minimum atomic E-state index is -0.510. The molecule has 0 aliphatic rings. The summed E-state index contributed by atoms with van der Waals surface area (Å²) in [7, 11) is 1.62. The predicted octanol–water partition coefficient (Wildman–Crippen LogP) is 5.20. The molecule has 2 aromatic carbocycles. The molecule has 0 aliphatic heterocycles. The molecular weight excluding hydrogens is 419 g/mol. The number of aryl methyl sites for hydroxylation is 2. The molecule has 0 radical (unpaired) electrons. The van der Waals surface area contributed by atoms with Crippen molar-refractivity contribution in [1.29, 1.82) is 0 Å². The van der Waals surface area contributed by atoms with Gasteiger partial charge in [-0.3, -0.25) is 4.79 Å². The Labute approximate surface area is 184 Å². The van der Waals surface area contributed by atoms with Crippen molar-refractivity contribution in [2.75, 3.05) is 13.6 Å². The smallest absolute Gasteiger partial charge is 0.274 e. The van der Waals surface area contributed by atoms with Crippen LogP contribution in [0.3, 0.4) is 0 Å². The molecule has 0 atom stereocenters. The Morgan fingerprint density at radius 2 is 2.06 bits per heavy atom. The highest BCUT2D eigenvalue weighted by atomic mass is 35.5. The van der Waals surface area contributed by atoms with Gasteiger partial charge in [0.1, 0.15) is 11.5 Å². The van der Waals surface area contributed by atoms with Crippen LogP contribution >= 0.6 is 11.6 Å². The van der Waals surface area contributed by atoms with Gasteiger partial charge in [0.25, 0.3) is 11.8 Å². The summed E-state index contributed by atoms with van der Waals surface area (Å²) in [6, 6.07) is 9.97. The predicted molar refractivity (Wildman–Crippen MR) is 118 cm³/mol. The Bertz CT molecular complexity index is 1260. The molecule has 160 valence electrons. The highest BCUT2D eigenvalue weighted by Crippen LogP contribution is 2.30. The fraction of sp³-hybridized carbons (Fsp3) is 0.261. The molecule has 8 heteroatoms. The van der Waals surface area contributed by atoms with Gasteiger partial charge in [-0.25, -0.2) is 4.39 Å². The first-order valence-corrected chi connectivity index (χ1v) is 10.4. The van der Waals surface area contributed by atoms with Crippen LogP contribution in [-0.4, -0.2) is 39.5 Å². The van der Waals surface area contributed by atoms with Gasteiger partial charge in [0.05, 0.1) is 10.6 Å². The highest BCUT2D eigenvalue weighted by Gasteiger charge is 2.20. The zero-order valence-corrected chi connectivity index (χ0v) is 18.3. The number of nitrogens with one attached hydrogen (secondary N) is 1. The maximum atomic E-state index is 13.5. The second kappa shape index (κ2) is 8.51. The maximum Gasteiger partial charge on any atom is 0.274 e. The molecule has 1 amide bonds. The van der Waals surface area contributed by atoms with E-state index in [9.17, 15) is 9.18 Å². The van der Waals surface area contributed by atoms with Crippen LogP contribution in [0.25, 0.3) is 22.5 Å². The molecule has 0 aliphatic carbocycles. The van der Waals surface area contributed by atoms with Gasteiger partial charge in [0, 0.05) is 30.9 Å². The first-order valence-electron chi connectivity index (χ1n) is 10.0. The normalized spacial score (nSPS) is 11.3. The van der Waals surface area contributed by atoms with Crippen LogP contribution in [0.5, 0.6) is 0 Å². The van der Waals surface area contributed by atoms with Gasteiger partial charge < -0.3 is 14.4 Å². The van der Waals surface area contributed by atoms with E-state index in [4.69, 9.17) is 16.1 Å². The number of carbonyl (C=O) groups excluding carboxylic acids is 1. The summed E-state index contributed by atoms with van der Waals surface area (Å²) < 4.78 is 19.0. The summed E-state index contributed by atoms with van der Waals surface area (Å²) in [4.78, 5) is 21.9. The largest absolute Gasteiger partial charge is 0.350 e. The van der Waals surface area contributed by atoms with E-state index in [1.54, 1.807) is 7.05 Å². The van der Waals surface area contributed by atoms with Gasteiger partial charge in [-0.05, 0) is 49.2 Å². The minimum absolute atomic E-state index is 0.124. The Kier molecular flexibility index (Phi) is 5.78. The maximum absolute atomic E-state index is 13.5. The summed E-state index contributed by atoms with van der Waals surface area (Å²) in [6.45, 7) is 4.48. The highest BCUT2D eigenvalue weighted by molar-refractivity contribution is 6.33. The van der Waals surface area contributed by atoms with Gasteiger partial charge in [-0.2, -0.15) is 4.98 Å². The number of likely N-dealkylation sites (N-methyl/N-ethyl adjacent to an activating group) is 1. The van der Waals surface area contributed by atoms with Gasteiger partial charge >= 0.3 is 0 Å². The molecule has 4 rings (SSSR count). The van der Waals surface area contributed by atoms with Crippen LogP contribution in [0.4, 0.5) is 4.39 Å². The second-order valence-corrected chi connectivity index (χ2v) is 7.90. The van der Waals surface area contributed by atoms with Crippen molar-refractivity contribution in [2.24, 2.45) is 0 Å². The summed E-state index contributed by atoms with van der Waals surface area (Å²) >= 11 is 6.04. The Balaban J connectivity index is 1.50. The number of carbonyl (C=O) groups is 1. The Hall–Kier alpha value is -3.19. The third-order valence-corrected chi connectivity index (χ3v) is 5.60. The minimum Gasteiger partial charge on any atom is -0.350 e. The number of H-pyrrole nitrogens is 1. The van der Waals surface area contributed by atoms with Gasteiger partial charge in [0.15, 0.2) is 5.82 Å². The number of amides is 1. The van der Waals surface area contributed by atoms with Crippen LogP contribution in [0.1, 0.15) is 34.2 Å². The number of nitrogens with zero attached hydrogens (tertiary/aromatic N) is 3. The molecule has 0 spiro atoms. The van der Waals surface area contributed by atoms with E-state index < -0.39 is 5.82 Å². The van der Waals surface area contributed by atoms with Crippen LogP contribution in [0.15, 0.2) is 40.9 Å². The molecule has 4 aromatic rings. The average molecular weight is 441 g/mol. The molecule has 0 saturated heterocycles. The Morgan fingerprint density at radius 3 is 2.84 bits per heavy atom. The van der Waals surface area contributed by atoms with E-state index in [0.29, 0.717) is 24.7 Å². The van der Waals surface area contributed by atoms with E-state index in [0.717, 1.165) is 34.6 Å². The SMILES string of the molecule is CCc1c(-c2nc(CCN(C)C(=O)c3cc(F)ccc3Cl)no2)[nH]c2ccc(C)cc12. The Morgan fingerprint density at radius 1 is 1.26 bits per heavy atom. The van der Waals surface area contributed by atoms with Gasteiger partial charge in [0.2, 0.25) is 0 Å². The fourth-order valence-electron chi connectivity index (χ4n) is 3.60. The molecule has 6 nitrogen and oxygen atoms in total. The number of fused-ring (bicyclic) bond motifs is 1. The lowest BCUT2D eigenvalue weighted by Gasteiger charge is -2.17. The molecule has 0 bridgehead atoms. The monoisotopic (exact) mass is 440 g/mol. The number of aromatic amines is 1. The summed E-state index contributed by atoms with van der Waals surface area (Å²) in [5.41, 5.74) is 4.28. The third kappa shape index (κ3) is 4.18. The number of benzene rings is 2. The number of hydrogen-bond donors (Lipinski definition) is 1. The lowest BCUT2D eigenvalue weighted by atomic mass is 10.1. The van der Waals surface area contributed by atoms with Crippen LogP contribution in [-0.2, 0) is 12.8 Å². The van der Waals surface area contributed by atoms with E-state index in [2.05, 4.69) is 41.1 Å². The lowest BCUT2D eigenvalue weighted by Crippen LogP contribution is -2.29. The van der Waals surface area contributed by atoms with Crippen molar-refractivity contribution in [3.63, 3.8) is 0 Å². The third-order valence-electron chi connectivity index (χ3n) is 5.27. The zero-order valence-electron chi connectivity index (χ0n) is 17.5. The van der Waals surface area contributed by atoms with Crippen LogP contribution in [0.2, 0.25) is 5.02 Å². The fourth-order valence-corrected chi connectivity index (χ4v) is 3.80. The molecule has 0 unspecified atom stereocenters. The van der Waals surface area contributed by atoms with E-state index in [-0.39, 0.29) is 16.5 Å². The molecule has 0 saturated carbocycles.